The summed E-state index contributed by atoms with van der Waals surface area (Å²) in [7, 11) is -3.63. The molecule has 41 heavy (non-hydrogen) atoms. The molecular formula is C33H32N4O3S. The lowest BCUT2D eigenvalue weighted by Gasteiger charge is -2.11. The second kappa shape index (κ2) is 11.2. The van der Waals surface area contributed by atoms with E-state index in [1.807, 2.05) is 24.3 Å². The molecule has 8 heteroatoms. The summed E-state index contributed by atoms with van der Waals surface area (Å²) in [6, 6.07) is 31.2. The molecule has 0 aliphatic carbocycles. The molecule has 0 aliphatic heterocycles. The summed E-state index contributed by atoms with van der Waals surface area (Å²) in [5.74, 6) is 0.145. The van der Waals surface area contributed by atoms with Crippen molar-refractivity contribution in [2.24, 2.45) is 0 Å². The number of carbonyl (C=O) groups excluding carboxylic acids is 1. The fourth-order valence-corrected chi connectivity index (χ4v) is 6.93. The van der Waals surface area contributed by atoms with Crippen LogP contribution in [0.15, 0.2) is 102 Å². The van der Waals surface area contributed by atoms with E-state index in [-0.39, 0.29) is 16.6 Å². The Morgan fingerprint density at radius 3 is 1.90 bits per heavy atom. The minimum atomic E-state index is -3.63. The molecule has 0 radical (unpaired) electrons. The number of carbonyl (C=O) groups is 1. The topological polar surface area (TPSA) is 86.0 Å². The van der Waals surface area contributed by atoms with Crippen LogP contribution in [-0.2, 0) is 33.5 Å². The van der Waals surface area contributed by atoms with Gasteiger partial charge in [-0.25, -0.2) is 13.4 Å². The molecule has 2 aromatic heterocycles. The van der Waals surface area contributed by atoms with Crippen LogP contribution in [0.25, 0.3) is 32.8 Å². The molecule has 6 rings (SSSR count). The van der Waals surface area contributed by atoms with Crippen LogP contribution in [-0.4, -0.2) is 28.4 Å². The predicted octanol–water partition coefficient (Wildman–Crippen LogP) is 6.95. The average Bonchev–Trinajstić information content (AvgIpc) is 3.47. The number of nitrogens with zero attached hydrogens (tertiary/aromatic N) is 3. The van der Waals surface area contributed by atoms with Crippen molar-refractivity contribution in [3.8, 4) is 0 Å². The Morgan fingerprint density at radius 2 is 1.27 bits per heavy atom. The van der Waals surface area contributed by atoms with E-state index in [9.17, 15) is 13.2 Å². The van der Waals surface area contributed by atoms with E-state index in [1.165, 1.54) is 40.9 Å². The Balaban J connectivity index is 1.17. The normalized spacial score (nSPS) is 11.9. The quantitative estimate of drug-likeness (QED) is 0.183. The van der Waals surface area contributed by atoms with E-state index >= 15 is 0 Å². The number of fused-ring (bicyclic) bond motifs is 4. The molecule has 208 valence electrons. The summed E-state index contributed by atoms with van der Waals surface area (Å²) >= 11 is 0. The highest BCUT2D eigenvalue weighted by atomic mass is 32.2. The van der Waals surface area contributed by atoms with Gasteiger partial charge in [-0.2, -0.15) is 0 Å². The van der Waals surface area contributed by atoms with Crippen molar-refractivity contribution < 1.29 is 13.2 Å². The third kappa shape index (κ3) is 5.47. The van der Waals surface area contributed by atoms with Crippen LogP contribution in [0.1, 0.15) is 32.0 Å². The van der Waals surface area contributed by atoms with Crippen molar-refractivity contribution in [2.75, 3.05) is 5.32 Å². The minimum absolute atomic E-state index is 0.192. The Morgan fingerprint density at radius 1 is 0.707 bits per heavy atom. The van der Waals surface area contributed by atoms with Gasteiger partial charge in [0, 0.05) is 47.5 Å². The highest BCUT2D eigenvalue weighted by Crippen LogP contribution is 2.29. The van der Waals surface area contributed by atoms with Gasteiger partial charge in [0.25, 0.3) is 0 Å². The van der Waals surface area contributed by atoms with Gasteiger partial charge in [0.05, 0.1) is 15.9 Å². The average molecular weight is 565 g/mol. The van der Waals surface area contributed by atoms with Gasteiger partial charge in [0.15, 0.2) is 9.84 Å². The predicted molar refractivity (Wildman–Crippen MR) is 165 cm³/mol. The van der Waals surface area contributed by atoms with Crippen molar-refractivity contribution in [2.45, 2.75) is 49.9 Å². The van der Waals surface area contributed by atoms with Gasteiger partial charge in [-0.1, -0.05) is 48.5 Å². The number of para-hydroxylation sites is 4. The number of aromatic nitrogens is 3. The van der Waals surface area contributed by atoms with Gasteiger partial charge < -0.3 is 14.5 Å². The molecule has 0 saturated heterocycles. The lowest BCUT2D eigenvalue weighted by atomic mass is 10.2. The zero-order valence-corrected chi connectivity index (χ0v) is 23.8. The molecular weight excluding hydrogens is 532 g/mol. The Kier molecular flexibility index (Phi) is 7.32. The first-order chi connectivity index (χ1) is 19.9. The van der Waals surface area contributed by atoms with Crippen molar-refractivity contribution in [3.63, 3.8) is 0 Å². The molecule has 0 saturated carbocycles. The Labute approximate surface area is 239 Å². The maximum atomic E-state index is 13.3. The fourth-order valence-electron chi connectivity index (χ4n) is 5.65. The number of amides is 1. The van der Waals surface area contributed by atoms with Crippen molar-refractivity contribution in [1.82, 2.24) is 14.1 Å². The number of sulfone groups is 1. The zero-order valence-electron chi connectivity index (χ0n) is 23.0. The third-order valence-electron chi connectivity index (χ3n) is 7.53. The van der Waals surface area contributed by atoms with Gasteiger partial charge in [-0.05, 0) is 67.8 Å². The van der Waals surface area contributed by atoms with Crippen molar-refractivity contribution in [3.05, 3.63) is 103 Å². The van der Waals surface area contributed by atoms with E-state index in [0.717, 1.165) is 36.8 Å². The largest absolute Gasteiger partial charge is 0.340 e. The molecule has 0 atom stereocenters. The number of hydrogen-bond acceptors (Lipinski definition) is 4. The molecule has 0 fully saturated rings. The molecule has 1 N–H and O–H groups in total. The highest BCUT2D eigenvalue weighted by Gasteiger charge is 2.21. The first-order valence-electron chi connectivity index (χ1n) is 13.9. The molecule has 4 aromatic carbocycles. The minimum Gasteiger partial charge on any atom is -0.340 e. The number of anilines is 1. The smallest absolute Gasteiger partial charge is 0.221 e. The van der Waals surface area contributed by atoms with Gasteiger partial charge in [0.1, 0.15) is 11.6 Å². The summed E-state index contributed by atoms with van der Waals surface area (Å²) < 4.78 is 31.1. The standard InChI is InChI=1S/C33H32N4O3S/c1-24(38)34-25-17-19-26(20-18-25)41(39,40)23-33-35-29-13-5-8-16-32(29)37(33)22-10-2-9-21-36-30-14-6-3-11-27(30)28-12-4-7-15-31(28)36/h3-8,11-20H,2,9-10,21-23H2,1H3,(H,34,38). The molecule has 0 aliphatic rings. The first kappa shape index (κ1) is 26.8. The molecule has 0 spiro atoms. The van der Waals surface area contributed by atoms with Crippen molar-refractivity contribution >= 4 is 54.3 Å². The molecule has 2 heterocycles. The van der Waals surface area contributed by atoms with Crippen LogP contribution in [0.4, 0.5) is 5.69 Å². The molecule has 0 unspecified atom stereocenters. The summed E-state index contributed by atoms with van der Waals surface area (Å²) in [4.78, 5) is 16.2. The van der Waals surface area contributed by atoms with Crippen LogP contribution in [0.3, 0.4) is 0 Å². The van der Waals surface area contributed by atoms with E-state index in [0.29, 0.717) is 18.1 Å². The number of imidazole rings is 1. The van der Waals surface area contributed by atoms with E-state index in [4.69, 9.17) is 4.98 Å². The van der Waals surface area contributed by atoms with Crippen molar-refractivity contribution in [1.29, 1.82) is 0 Å². The SMILES string of the molecule is CC(=O)Nc1ccc(S(=O)(=O)Cc2nc3ccccc3n2CCCCCn2c3ccccc3c3ccccc32)cc1. The number of aryl methyl sites for hydroxylation is 2. The molecule has 0 bridgehead atoms. The number of hydrogen-bond donors (Lipinski definition) is 1. The lowest BCUT2D eigenvalue weighted by molar-refractivity contribution is -0.114. The summed E-state index contributed by atoms with van der Waals surface area (Å²) in [5, 5.41) is 5.23. The number of unbranched alkanes of at least 4 members (excludes halogenated alkanes) is 2. The zero-order chi connectivity index (χ0) is 28.4. The van der Waals surface area contributed by atoms with E-state index < -0.39 is 9.84 Å². The van der Waals surface area contributed by atoms with Gasteiger partial charge in [0.2, 0.25) is 5.91 Å². The Hall–Kier alpha value is -4.43. The summed E-state index contributed by atoms with van der Waals surface area (Å²) in [6.07, 6.45) is 2.93. The number of nitrogens with one attached hydrogen (secondary N) is 1. The first-order valence-corrected chi connectivity index (χ1v) is 15.6. The maximum Gasteiger partial charge on any atom is 0.221 e. The lowest BCUT2D eigenvalue weighted by Crippen LogP contribution is -2.12. The Bertz CT molecular complexity index is 1920. The number of rotatable bonds is 10. The second-order valence-electron chi connectivity index (χ2n) is 10.4. The molecule has 7 nitrogen and oxygen atoms in total. The monoisotopic (exact) mass is 564 g/mol. The maximum absolute atomic E-state index is 13.3. The number of benzene rings is 4. The van der Waals surface area contributed by atoms with Crippen LogP contribution >= 0.6 is 0 Å². The second-order valence-corrected chi connectivity index (χ2v) is 12.4. The summed E-state index contributed by atoms with van der Waals surface area (Å²) in [6.45, 7) is 3.04. The van der Waals surface area contributed by atoms with Gasteiger partial charge >= 0.3 is 0 Å². The van der Waals surface area contributed by atoms with Crippen LogP contribution in [0.5, 0.6) is 0 Å². The van der Waals surface area contributed by atoms with Gasteiger partial charge in [-0.3, -0.25) is 4.79 Å². The third-order valence-corrected chi connectivity index (χ3v) is 9.16. The van der Waals surface area contributed by atoms with Crippen LogP contribution in [0, 0.1) is 0 Å². The fraction of sp³-hybridized carbons (Fsp3) is 0.212. The molecule has 6 aromatic rings. The summed E-state index contributed by atoms with van der Waals surface area (Å²) in [5.41, 5.74) is 4.81. The molecule has 1 amide bonds. The van der Waals surface area contributed by atoms with E-state index in [1.54, 1.807) is 12.1 Å². The van der Waals surface area contributed by atoms with Crippen LogP contribution < -0.4 is 5.32 Å². The van der Waals surface area contributed by atoms with E-state index in [2.05, 4.69) is 63.0 Å². The van der Waals surface area contributed by atoms with Crippen LogP contribution in [0.2, 0.25) is 0 Å². The highest BCUT2D eigenvalue weighted by molar-refractivity contribution is 7.90. The van der Waals surface area contributed by atoms with Gasteiger partial charge in [-0.15, -0.1) is 0 Å².